The number of rotatable bonds is 5. The zero-order chi connectivity index (χ0) is 13.8. The van der Waals surface area contributed by atoms with Gasteiger partial charge in [0.2, 0.25) is 11.7 Å². The molecule has 2 rings (SSSR count). The van der Waals surface area contributed by atoms with E-state index in [0.29, 0.717) is 28.3 Å². The molecule has 0 amide bonds. The normalized spacial score (nSPS) is 12.6. The molecule has 4 nitrogen and oxygen atoms in total. The lowest BCUT2D eigenvalue weighted by Crippen LogP contribution is -2.12. The average Bonchev–Trinajstić information content (AvgIpc) is 2.84. The lowest BCUT2D eigenvalue weighted by Gasteiger charge is -2.06. The van der Waals surface area contributed by atoms with Crippen molar-refractivity contribution in [2.45, 2.75) is 25.7 Å². The molecule has 1 atom stereocenters. The van der Waals surface area contributed by atoms with Crippen LogP contribution >= 0.6 is 23.2 Å². The molecule has 0 radical (unpaired) electrons. The third-order valence-corrected chi connectivity index (χ3v) is 3.27. The van der Waals surface area contributed by atoms with Gasteiger partial charge >= 0.3 is 0 Å². The first kappa shape index (κ1) is 14.3. The van der Waals surface area contributed by atoms with Gasteiger partial charge in [0.25, 0.3) is 0 Å². The maximum Gasteiger partial charge on any atom is 0.231 e. The van der Waals surface area contributed by atoms with E-state index in [1.54, 1.807) is 18.2 Å². The summed E-state index contributed by atoms with van der Waals surface area (Å²) in [7, 11) is 0. The van der Waals surface area contributed by atoms with Gasteiger partial charge in [-0.25, -0.2) is 0 Å². The van der Waals surface area contributed by atoms with Gasteiger partial charge in [0.15, 0.2) is 0 Å². The molecule has 1 unspecified atom stereocenters. The summed E-state index contributed by atoms with van der Waals surface area (Å²) in [5.74, 6) is 1.14. The van der Waals surface area contributed by atoms with Crippen LogP contribution < -0.4 is 5.73 Å². The SMILES string of the molecule is CCCC(CN)c1nc(-c2cc(Cl)cc(Cl)c2)no1. The lowest BCUT2D eigenvalue weighted by atomic mass is 10.0. The molecule has 0 aliphatic heterocycles. The van der Waals surface area contributed by atoms with E-state index in [1.165, 1.54) is 0 Å². The zero-order valence-corrected chi connectivity index (χ0v) is 12.1. The first-order valence-electron chi connectivity index (χ1n) is 6.14. The summed E-state index contributed by atoms with van der Waals surface area (Å²) in [6.07, 6.45) is 1.94. The van der Waals surface area contributed by atoms with Crippen LogP contribution in [0.1, 0.15) is 31.6 Å². The first-order chi connectivity index (χ1) is 9.13. The monoisotopic (exact) mass is 299 g/mol. The fourth-order valence-electron chi connectivity index (χ4n) is 1.89. The molecular weight excluding hydrogens is 285 g/mol. The number of hydrogen-bond acceptors (Lipinski definition) is 4. The number of halogens is 2. The van der Waals surface area contributed by atoms with Crippen molar-refractivity contribution in [2.75, 3.05) is 6.54 Å². The first-order valence-corrected chi connectivity index (χ1v) is 6.89. The van der Waals surface area contributed by atoms with Crippen LogP contribution in [-0.4, -0.2) is 16.7 Å². The Morgan fingerprint density at radius 2 is 1.95 bits per heavy atom. The molecule has 0 aliphatic rings. The summed E-state index contributed by atoms with van der Waals surface area (Å²) in [6.45, 7) is 2.59. The molecular formula is C13H15Cl2N3O. The fourth-order valence-corrected chi connectivity index (χ4v) is 2.42. The number of nitrogens with zero attached hydrogens (tertiary/aromatic N) is 2. The minimum atomic E-state index is 0.0981. The van der Waals surface area contributed by atoms with Crippen molar-refractivity contribution < 1.29 is 4.52 Å². The van der Waals surface area contributed by atoms with Gasteiger partial charge in [0.1, 0.15) is 0 Å². The number of aromatic nitrogens is 2. The zero-order valence-electron chi connectivity index (χ0n) is 10.6. The van der Waals surface area contributed by atoms with Gasteiger partial charge in [0.05, 0.1) is 5.92 Å². The molecule has 0 aliphatic carbocycles. The molecule has 2 N–H and O–H groups in total. The highest BCUT2D eigenvalue weighted by Gasteiger charge is 2.17. The largest absolute Gasteiger partial charge is 0.339 e. The predicted molar refractivity (Wildman–Crippen MR) is 76.5 cm³/mol. The van der Waals surface area contributed by atoms with E-state index in [0.717, 1.165) is 18.4 Å². The Bertz CT molecular complexity index is 536. The van der Waals surface area contributed by atoms with E-state index in [2.05, 4.69) is 17.1 Å². The number of benzene rings is 1. The lowest BCUT2D eigenvalue weighted by molar-refractivity contribution is 0.347. The van der Waals surface area contributed by atoms with E-state index in [9.17, 15) is 0 Å². The molecule has 1 aromatic heterocycles. The van der Waals surface area contributed by atoms with Crippen molar-refractivity contribution >= 4 is 23.2 Å². The summed E-state index contributed by atoms with van der Waals surface area (Å²) in [5.41, 5.74) is 6.45. The van der Waals surface area contributed by atoms with Gasteiger partial charge in [-0.15, -0.1) is 0 Å². The molecule has 0 spiro atoms. The Hall–Kier alpha value is -1.10. The van der Waals surface area contributed by atoms with Gasteiger partial charge in [-0.05, 0) is 24.6 Å². The molecule has 6 heteroatoms. The van der Waals surface area contributed by atoms with Crippen LogP contribution in [-0.2, 0) is 0 Å². The Morgan fingerprint density at radius 3 is 2.53 bits per heavy atom. The van der Waals surface area contributed by atoms with Gasteiger partial charge in [0, 0.05) is 22.2 Å². The van der Waals surface area contributed by atoms with Crippen molar-refractivity contribution in [1.82, 2.24) is 10.1 Å². The number of hydrogen-bond donors (Lipinski definition) is 1. The molecule has 2 aromatic rings. The maximum atomic E-state index is 5.96. The van der Waals surface area contributed by atoms with Gasteiger partial charge in [-0.2, -0.15) is 4.98 Å². The molecule has 1 heterocycles. The van der Waals surface area contributed by atoms with Crippen molar-refractivity contribution in [1.29, 1.82) is 0 Å². The summed E-state index contributed by atoms with van der Waals surface area (Å²) in [6, 6.07) is 5.16. The highest BCUT2D eigenvalue weighted by Crippen LogP contribution is 2.27. The van der Waals surface area contributed by atoms with Crippen LogP contribution in [0.4, 0.5) is 0 Å². The molecule has 0 bridgehead atoms. The second-order valence-electron chi connectivity index (χ2n) is 4.34. The Labute approximate surface area is 121 Å². The fraction of sp³-hybridized carbons (Fsp3) is 0.385. The highest BCUT2D eigenvalue weighted by atomic mass is 35.5. The summed E-state index contributed by atoms with van der Waals surface area (Å²) >= 11 is 11.9. The van der Waals surface area contributed by atoms with Gasteiger partial charge in [-0.1, -0.05) is 41.7 Å². The number of nitrogens with two attached hydrogens (primary N) is 1. The van der Waals surface area contributed by atoms with E-state index >= 15 is 0 Å². The van der Waals surface area contributed by atoms with Crippen LogP contribution in [0.15, 0.2) is 22.7 Å². The van der Waals surface area contributed by atoms with Crippen molar-refractivity contribution in [3.63, 3.8) is 0 Å². The molecule has 1 aromatic carbocycles. The molecule has 0 saturated heterocycles. The topological polar surface area (TPSA) is 64.9 Å². The van der Waals surface area contributed by atoms with Crippen LogP contribution in [0.2, 0.25) is 10.0 Å². The van der Waals surface area contributed by atoms with Crippen molar-refractivity contribution in [2.24, 2.45) is 5.73 Å². The maximum absolute atomic E-state index is 5.96. The van der Waals surface area contributed by atoms with Crippen LogP contribution in [0.3, 0.4) is 0 Å². The van der Waals surface area contributed by atoms with E-state index < -0.39 is 0 Å². The predicted octanol–water partition coefficient (Wildman–Crippen LogP) is 3.89. The van der Waals surface area contributed by atoms with Crippen molar-refractivity contribution in [3.8, 4) is 11.4 Å². The Morgan fingerprint density at radius 1 is 1.26 bits per heavy atom. The minimum absolute atomic E-state index is 0.0981. The second-order valence-corrected chi connectivity index (χ2v) is 5.21. The standard InChI is InChI=1S/C13H15Cl2N3O/c1-2-3-8(7-16)13-17-12(18-19-13)9-4-10(14)6-11(15)5-9/h4-6,8H,2-3,7,16H2,1H3. The summed E-state index contributed by atoms with van der Waals surface area (Å²) in [5, 5.41) is 5.04. The highest BCUT2D eigenvalue weighted by molar-refractivity contribution is 6.35. The van der Waals surface area contributed by atoms with Crippen LogP contribution in [0.5, 0.6) is 0 Å². The van der Waals surface area contributed by atoms with Crippen LogP contribution in [0.25, 0.3) is 11.4 Å². The third kappa shape index (κ3) is 3.47. The van der Waals surface area contributed by atoms with E-state index in [-0.39, 0.29) is 5.92 Å². The molecule has 0 fully saturated rings. The van der Waals surface area contributed by atoms with E-state index in [4.69, 9.17) is 33.5 Å². The Balaban J connectivity index is 2.29. The van der Waals surface area contributed by atoms with Gasteiger partial charge < -0.3 is 10.3 Å². The molecule has 0 saturated carbocycles. The molecule has 102 valence electrons. The third-order valence-electron chi connectivity index (χ3n) is 2.83. The van der Waals surface area contributed by atoms with E-state index in [1.807, 2.05) is 0 Å². The quantitative estimate of drug-likeness (QED) is 0.910. The summed E-state index contributed by atoms with van der Waals surface area (Å²) < 4.78 is 5.28. The van der Waals surface area contributed by atoms with Crippen molar-refractivity contribution in [3.05, 3.63) is 34.1 Å². The van der Waals surface area contributed by atoms with Crippen LogP contribution in [0, 0.1) is 0 Å². The summed E-state index contributed by atoms with van der Waals surface area (Å²) in [4.78, 5) is 4.38. The minimum Gasteiger partial charge on any atom is -0.339 e. The molecule has 19 heavy (non-hydrogen) atoms. The average molecular weight is 300 g/mol. The Kier molecular flexibility index (Phi) is 4.80. The smallest absolute Gasteiger partial charge is 0.231 e. The van der Waals surface area contributed by atoms with Gasteiger partial charge in [-0.3, -0.25) is 0 Å². The second kappa shape index (κ2) is 6.37.